The number of halogens is 4. The van der Waals surface area contributed by atoms with Gasteiger partial charge in [0.25, 0.3) is 5.91 Å². The van der Waals surface area contributed by atoms with E-state index >= 15 is 0 Å². The average Bonchev–Trinajstić information content (AvgIpc) is 2.56. The predicted molar refractivity (Wildman–Crippen MR) is 89.3 cm³/mol. The minimum atomic E-state index is -4.52. The maximum atomic E-state index is 12.7. The number of nitrogens with zero attached hydrogens (tertiary/aromatic N) is 2. The van der Waals surface area contributed by atoms with Crippen molar-refractivity contribution in [3.63, 3.8) is 0 Å². The molecular weight excluding hydrogens is 401 g/mol. The standard InChI is InChI=1S/C16H10BrF3N4O/c17-12-4-5-14(23-9-12)22-8-10(7-21)15(25)24-13-3-1-2-11(6-13)16(18,19)20/h1-6,8-9H,(H,22,23)(H,24,25)/b10-8-. The molecule has 2 rings (SSSR count). The first-order valence-electron chi connectivity index (χ1n) is 6.76. The van der Waals surface area contributed by atoms with Gasteiger partial charge in [0.1, 0.15) is 17.5 Å². The van der Waals surface area contributed by atoms with Crippen LogP contribution in [0.1, 0.15) is 5.56 Å². The van der Waals surface area contributed by atoms with Crippen LogP contribution >= 0.6 is 15.9 Å². The lowest BCUT2D eigenvalue weighted by Crippen LogP contribution is -2.15. The van der Waals surface area contributed by atoms with Crippen molar-refractivity contribution in [2.75, 3.05) is 10.6 Å². The van der Waals surface area contributed by atoms with E-state index in [1.54, 1.807) is 18.2 Å². The third kappa shape index (κ3) is 5.32. The molecule has 0 unspecified atom stereocenters. The Morgan fingerprint density at radius 2 is 2.04 bits per heavy atom. The second kappa shape index (κ2) is 7.81. The van der Waals surface area contributed by atoms with Gasteiger partial charge in [-0.25, -0.2) is 4.98 Å². The molecule has 2 aromatic rings. The molecule has 25 heavy (non-hydrogen) atoms. The fourth-order valence-corrected chi connectivity index (χ4v) is 1.96. The minimum absolute atomic E-state index is 0.0669. The number of amides is 1. The van der Waals surface area contributed by atoms with Gasteiger partial charge in [-0.05, 0) is 46.3 Å². The molecule has 1 aromatic heterocycles. The molecule has 0 radical (unpaired) electrons. The summed E-state index contributed by atoms with van der Waals surface area (Å²) in [6, 6.07) is 9.13. The van der Waals surface area contributed by atoms with Crippen LogP contribution in [0.5, 0.6) is 0 Å². The monoisotopic (exact) mass is 410 g/mol. The van der Waals surface area contributed by atoms with Crippen molar-refractivity contribution < 1.29 is 18.0 Å². The van der Waals surface area contributed by atoms with Crippen LogP contribution in [0.15, 0.2) is 58.8 Å². The number of pyridine rings is 1. The summed E-state index contributed by atoms with van der Waals surface area (Å²) >= 11 is 3.22. The molecule has 0 bridgehead atoms. The van der Waals surface area contributed by atoms with E-state index in [1.165, 1.54) is 12.3 Å². The van der Waals surface area contributed by atoms with Gasteiger partial charge in [-0.3, -0.25) is 4.79 Å². The van der Waals surface area contributed by atoms with Crippen LogP contribution in [0.2, 0.25) is 0 Å². The number of aromatic nitrogens is 1. The number of anilines is 2. The smallest absolute Gasteiger partial charge is 0.345 e. The first-order valence-corrected chi connectivity index (χ1v) is 7.56. The van der Waals surface area contributed by atoms with Crippen LogP contribution < -0.4 is 10.6 Å². The van der Waals surface area contributed by atoms with Crippen LogP contribution in [0.25, 0.3) is 0 Å². The van der Waals surface area contributed by atoms with E-state index in [0.29, 0.717) is 5.82 Å². The number of hydrogen-bond acceptors (Lipinski definition) is 4. The Kier molecular flexibility index (Phi) is 5.77. The number of carbonyl (C=O) groups excluding carboxylic acids is 1. The highest BCUT2D eigenvalue weighted by Crippen LogP contribution is 2.30. The molecule has 0 aliphatic heterocycles. The van der Waals surface area contributed by atoms with Crippen molar-refractivity contribution in [2.24, 2.45) is 0 Å². The van der Waals surface area contributed by atoms with Crippen LogP contribution in [0, 0.1) is 11.3 Å². The van der Waals surface area contributed by atoms with Crippen molar-refractivity contribution >= 4 is 33.3 Å². The Bertz CT molecular complexity index is 842. The van der Waals surface area contributed by atoms with Gasteiger partial charge >= 0.3 is 6.18 Å². The Morgan fingerprint density at radius 3 is 2.64 bits per heavy atom. The molecular formula is C16H10BrF3N4O. The summed E-state index contributed by atoms with van der Waals surface area (Å²) in [4.78, 5) is 16.0. The molecule has 1 aromatic carbocycles. The van der Waals surface area contributed by atoms with Gasteiger partial charge in [-0.15, -0.1) is 0 Å². The first kappa shape index (κ1) is 18.5. The summed E-state index contributed by atoms with van der Waals surface area (Å²) < 4.78 is 38.8. The van der Waals surface area contributed by atoms with E-state index < -0.39 is 17.6 Å². The Hall–Kier alpha value is -2.86. The summed E-state index contributed by atoms with van der Waals surface area (Å²) in [5.41, 5.74) is -1.28. The summed E-state index contributed by atoms with van der Waals surface area (Å²) in [6.45, 7) is 0. The largest absolute Gasteiger partial charge is 0.416 e. The lowest BCUT2D eigenvalue weighted by Gasteiger charge is -2.09. The third-order valence-electron chi connectivity index (χ3n) is 2.90. The van der Waals surface area contributed by atoms with Crippen molar-refractivity contribution in [1.82, 2.24) is 4.98 Å². The Morgan fingerprint density at radius 1 is 1.28 bits per heavy atom. The second-order valence-electron chi connectivity index (χ2n) is 4.71. The van der Waals surface area contributed by atoms with Crippen LogP contribution in [0.3, 0.4) is 0 Å². The number of rotatable bonds is 4. The molecule has 0 fully saturated rings. The quantitative estimate of drug-likeness (QED) is 0.581. The van der Waals surface area contributed by atoms with Crippen molar-refractivity contribution in [2.45, 2.75) is 6.18 Å². The van der Waals surface area contributed by atoms with E-state index in [-0.39, 0.29) is 11.3 Å². The van der Waals surface area contributed by atoms with Crippen LogP contribution in [-0.2, 0) is 11.0 Å². The maximum absolute atomic E-state index is 12.7. The molecule has 0 spiro atoms. The molecule has 0 aliphatic carbocycles. The molecule has 0 saturated heterocycles. The number of nitriles is 1. The molecule has 0 aliphatic rings. The maximum Gasteiger partial charge on any atom is 0.416 e. The molecule has 1 heterocycles. The number of hydrogen-bond donors (Lipinski definition) is 2. The molecule has 2 N–H and O–H groups in total. The number of alkyl halides is 3. The van der Waals surface area contributed by atoms with E-state index in [0.717, 1.165) is 28.9 Å². The number of benzene rings is 1. The molecule has 0 saturated carbocycles. The van der Waals surface area contributed by atoms with Gasteiger partial charge in [0.15, 0.2) is 0 Å². The van der Waals surface area contributed by atoms with Gasteiger partial charge in [0.05, 0.1) is 5.56 Å². The van der Waals surface area contributed by atoms with Crippen molar-refractivity contribution in [1.29, 1.82) is 5.26 Å². The topological polar surface area (TPSA) is 77.8 Å². The minimum Gasteiger partial charge on any atom is -0.345 e. The summed E-state index contributed by atoms with van der Waals surface area (Å²) in [7, 11) is 0. The Labute approximate surface area is 149 Å². The Balaban J connectivity index is 2.11. The fourth-order valence-electron chi connectivity index (χ4n) is 1.73. The van der Waals surface area contributed by atoms with E-state index in [2.05, 4.69) is 31.5 Å². The summed E-state index contributed by atoms with van der Waals surface area (Å²) in [6.07, 6.45) is -1.88. The molecule has 128 valence electrons. The zero-order chi connectivity index (χ0) is 18.4. The van der Waals surface area contributed by atoms with Crippen molar-refractivity contribution in [3.05, 3.63) is 64.4 Å². The van der Waals surface area contributed by atoms with E-state index in [1.807, 2.05) is 0 Å². The zero-order valence-electron chi connectivity index (χ0n) is 12.4. The lowest BCUT2D eigenvalue weighted by atomic mass is 10.2. The highest BCUT2D eigenvalue weighted by Gasteiger charge is 2.30. The number of carbonyl (C=O) groups is 1. The molecule has 9 heteroatoms. The first-order chi connectivity index (χ1) is 11.8. The molecule has 0 atom stereocenters. The average molecular weight is 411 g/mol. The van der Waals surface area contributed by atoms with Crippen LogP contribution in [-0.4, -0.2) is 10.9 Å². The summed E-state index contributed by atoms with van der Waals surface area (Å²) in [5, 5.41) is 14.0. The van der Waals surface area contributed by atoms with E-state index in [4.69, 9.17) is 5.26 Å². The normalized spacial score (nSPS) is 11.6. The van der Waals surface area contributed by atoms with Gasteiger partial charge in [-0.1, -0.05) is 6.07 Å². The summed E-state index contributed by atoms with van der Waals surface area (Å²) in [5.74, 6) is -0.450. The van der Waals surface area contributed by atoms with Gasteiger partial charge in [0.2, 0.25) is 0 Å². The van der Waals surface area contributed by atoms with Gasteiger partial charge < -0.3 is 10.6 Å². The van der Waals surface area contributed by atoms with Crippen LogP contribution in [0.4, 0.5) is 24.7 Å². The third-order valence-corrected chi connectivity index (χ3v) is 3.37. The SMILES string of the molecule is N#C/C(=C/Nc1ccc(Br)cn1)C(=O)Nc1cccc(C(F)(F)F)c1. The zero-order valence-corrected chi connectivity index (χ0v) is 14.0. The fraction of sp³-hybridized carbons (Fsp3) is 0.0625. The highest BCUT2D eigenvalue weighted by atomic mass is 79.9. The van der Waals surface area contributed by atoms with Gasteiger partial charge in [-0.2, -0.15) is 18.4 Å². The molecule has 5 nitrogen and oxygen atoms in total. The lowest BCUT2D eigenvalue weighted by molar-refractivity contribution is -0.137. The predicted octanol–water partition coefficient (Wildman–Crippen LogP) is 4.32. The number of nitrogens with one attached hydrogen (secondary N) is 2. The molecule has 1 amide bonds. The van der Waals surface area contributed by atoms with E-state index in [9.17, 15) is 18.0 Å². The van der Waals surface area contributed by atoms with Gasteiger partial charge in [0, 0.05) is 22.6 Å². The second-order valence-corrected chi connectivity index (χ2v) is 5.62. The highest BCUT2D eigenvalue weighted by molar-refractivity contribution is 9.10. The van der Waals surface area contributed by atoms with Crippen molar-refractivity contribution in [3.8, 4) is 6.07 Å².